The van der Waals surface area contributed by atoms with E-state index in [4.69, 9.17) is 5.73 Å². The van der Waals surface area contributed by atoms with Crippen LogP contribution in [-0.2, 0) is 0 Å². The van der Waals surface area contributed by atoms with Gasteiger partial charge < -0.3 is 5.73 Å². The van der Waals surface area contributed by atoms with Crippen LogP contribution in [-0.4, -0.2) is 20.0 Å². The molecule has 0 radical (unpaired) electrons. The topological polar surface area (TPSA) is 69.6 Å². The molecule has 2 aromatic heterocycles. The van der Waals surface area contributed by atoms with Gasteiger partial charge in [0.15, 0.2) is 11.5 Å². The van der Waals surface area contributed by atoms with Gasteiger partial charge in [-0.2, -0.15) is 4.68 Å². The van der Waals surface area contributed by atoms with Gasteiger partial charge in [-0.15, -0.1) is 16.4 Å². The van der Waals surface area contributed by atoms with Crippen molar-refractivity contribution < 1.29 is 4.39 Å². The molecular formula is C17H11BrFN5S. The van der Waals surface area contributed by atoms with Crippen molar-refractivity contribution in [1.29, 1.82) is 0 Å². The zero-order valence-corrected chi connectivity index (χ0v) is 15.1. The van der Waals surface area contributed by atoms with Crippen LogP contribution in [0.3, 0.4) is 0 Å². The van der Waals surface area contributed by atoms with E-state index in [0.717, 1.165) is 15.7 Å². The molecule has 0 aliphatic rings. The summed E-state index contributed by atoms with van der Waals surface area (Å²) >= 11 is 4.96. The highest BCUT2D eigenvalue weighted by atomic mass is 79.9. The molecule has 2 N–H and O–H groups in total. The second-order valence-corrected chi connectivity index (χ2v) is 6.95. The molecule has 0 atom stereocenters. The van der Waals surface area contributed by atoms with Gasteiger partial charge in [0.2, 0.25) is 0 Å². The summed E-state index contributed by atoms with van der Waals surface area (Å²) in [6.07, 6.45) is 0. The molecule has 5 nitrogen and oxygen atoms in total. The Kier molecular flexibility index (Phi) is 4.06. The predicted octanol–water partition coefficient (Wildman–Crippen LogP) is 4.54. The number of nitrogen functional groups attached to an aromatic ring is 1. The Morgan fingerprint density at radius 1 is 1.12 bits per heavy atom. The number of rotatable bonds is 3. The Morgan fingerprint density at radius 2 is 1.96 bits per heavy atom. The summed E-state index contributed by atoms with van der Waals surface area (Å²) in [5, 5.41) is 10.8. The third-order valence-electron chi connectivity index (χ3n) is 3.61. The van der Waals surface area contributed by atoms with Crippen LogP contribution < -0.4 is 5.73 Å². The highest BCUT2D eigenvalue weighted by Crippen LogP contribution is 2.34. The molecule has 4 aromatic rings. The van der Waals surface area contributed by atoms with E-state index in [0.29, 0.717) is 22.2 Å². The smallest absolute Gasteiger partial charge is 0.165 e. The minimum Gasteiger partial charge on any atom is -0.382 e. The van der Waals surface area contributed by atoms with Crippen LogP contribution in [0.2, 0.25) is 0 Å². The van der Waals surface area contributed by atoms with Crippen molar-refractivity contribution in [2.24, 2.45) is 0 Å². The fourth-order valence-corrected chi connectivity index (χ4v) is 3.71. The molecule has 0 saturated heterocycles. The quantitative estimate of drug-likeness (QED) is 0.533. The lowest BCUT2D eigenvalue weighted by Crippen LogP contribution is -2.02. The summed E-state index contributed by atoms with van der Waals surface area (Å²) < 4.78 is 15.8. The number of hydrogen-bond acceptors (Lipinski definition) is 5. The molecule has 0 saturated carbocycles. The Labute approximate surface area is 155 Å². The first-order valence-electron chi connectivity index (χ1n) is 7.31. The lowest BCUT2D eigenvalue weighted by atomic mass is 10.2. The van der Waals surface area contributed by atoms with Crippen LogP contribution in [0.25, 0.3) is 27.6 Å². The number of benzene rings is 2. The first-order chi connectivity index (χ1) is 12.1. The molecule has 124 valence electrons. The number of nitrogens with two attached hydrogens (primary N) is 1. The summed E-state index contributed by atoms with van der Waals surface area (Å²) in [7, 11) is 0. The standard InChI is InChI=1S/C17H11BrFN5S/c18-13-7-2-1-6-12(13)14-9-25-17(21-14)15-16(20)24(23-22-15)11-5-3-4-10(19)8-11/h1-9H,20H2. The minimum atomic E-state index is -0.362. The SMILES string of the molecule is Nc1c(-c2nc(-c3ccccc3Br)cs2)nnn1-c1cccc(F)c1. The van der Waals surface area contributed by atoms with Gasteiger partial charge in [-0.25, -0.2) is 9.37 Å². The number of halogens is 2. The molecule has 2 heterocycles. The van der Waals surface area contributed by atoms with E-state index < -0.39 is 0 Å². The molecule has 0 aliphatic heterocycles. The summed E-state index contributed by atoms with van der Waals surface area (Å²) in [6, 6.07) is 13.9. The molecule has 0 aliphatic carbocycles. The van der Waals surface area contributed by atoms with Gasteiger partial charge in [0.05, 0.1) is 11.4 Å². The van der Waals surface area contributed by atoms with Gasteiger partial charge in [0, 0.05) is 15.4 Å². The van der Waals surface area contributed by atoms with Crippen molar-refractivity contribution in [3.05, 3.63) is 64.2 Å². The van der Waals surface area contributed by atoms with E-state index >= 15 is 0 Å². The van der Waals surface area contributed by atoms with Crippen LogP contribution in [0.5, 0.6) is 0 Å². The predicted molar refractivity (Wildman–Crippen MR) is 100.0 cm³/mol. The molecule has 0 amide bonds. The van der Waals surface area contributed by atoms with Gasteiger partial charge in [0.25, 0.3) is 0 Å². The van der Waals surface area contributed by atoms with Crippen LogP contribution in [0.15, 0.2) is 58.4 Å². The normalized spacial score (nSPS) is 11.0. The highest BCUT2D eigenvalue weighted by Gasteiger charge is 2.17. The van der Waals surface area contributed by atoms with E-state index in [2.05, 4.69) is 31.2 Å². The van der Waals surface area contributed by atoms with E-state index in [-0.39, 0.29) is 5.82 Å². The van der Waals surface area contributed by atoms with Gasteiger partial charge in [-0.3, -0.25) is 0 Å². The number of nitrogens with zero attached hydrogens (tertiary/aromatic N) is 4. The molecule has 25 heavy (non-hydrogen) atoms. The number of thiazole rings is 1. The van der Waals surface area contributed by atoms with Crippen molar-refractivity contribution in [2.75, 3.05) is 5.73 Å². The van der Waals surface area contributed by atoms with Crippen molar-refractivity contribution in [3.8, 4) is 27.6 Å². The highest BCUT2D eigenvalue weighted by molar-refractivity contribution is 9.10. The summed E-state index contributed by atoms with van der Waals surface area (Å²) in [6.45, 7) is 0. The molecule has 2 aromatic carbocycles. The monoisotopic (exact) mass is 415 g/mol. The van der Waals surface area contributed by atoms with Crippen molar-refractivity contribution in [3.63, 3.8) is 0 Å². The zero-order valence-electron chi connectivity index (χ0n) is 12.7. The Hall–Kier alpha value is -2.58. The summed E-state index contributed by atoms with van der Waals surface area (Å²) in [5.74, 6) is -0.0435. The van der Waals surface area contributed by atoms with E-state index in [1.165, 1.54) is 28.2 Å². The number of hydrogen-bond donors (Lipinski definition) is 1. The first kappa shape index (κ1) is 15.9. The van der Waals surface area contributed by atoms with Crippen LogP contribution in [0.1, 0.15) is 0 Å². The molecule has 0 fully saturated rings. The molecule has 8 heteroatoms. The van der Waals surface area contributed by atoms with Gasteiger partial charge in [-0.05, 0) is 24.3 Å². The fraction of sp³-hybridized carbons (Fsp3) is 0. The summed E-state index contributed by atoms with van der Waals surface area (Å²) in [4.78, 5) is 4.62. The van der Waals surface area contributed by atoms with Crippen molar-refractivity contribution >= 4 is 33.1 Å². The van der Waals surface area contributed by atoms with E-state index in [9.17, 15) is 4.39 Å². The first-order valence-corrected chi connectivity index (χ1v) is 8.98. The largest absolute Gasteiger partial charge is 0.382 e. The second-order valence-electron chi connectivity index (χ2n) is 5.23. The Bertz CT molecular complexity index is 1060. The molecule has 0 unspecified atom stereocenters. The second kappa shape index (κ2) is 6.38. The van der Waals surface area contributed by atoms with E-state index in [1.807, 2.05) is 29.6 Å². The maximum absolute atomic E-state index is 13.4. The van der Waals surface area contributed by atoms with Gasteiger partial charge in [0.1, 0.15) is 10.8 Å². The maximum Gasteiger partial charge on any atom is 0.165 e. The third-order valence-corrected chi connectivity index (χ3v) is 5.15. The third kappa shape index (κ3) is 2.94. The number of anilines is 1. The lowest BCUT2D eigenvalue weighted by Gasteiger charge is -2.02. The Balaban J connectivity index is 1.74. The molecule has 0 spiro atoms. The van der Waals surface area contributed by atoms with Crippen molar-refractivity contribution in [1.82, 2.24) is 20.0 Å². The van der Waals surface area contributed by atoms with Crippen LogP contribution >= 0.6 is 27.3 Å². The van der Waals surface area contributed by atoms with Crippen LogP contribution in [0.4, 0.5) is 10.2 Å². The van der Waals surface area contributed by atoms with Gasteiger partial charge >= 0.3 is 0 Å². The maximum atomic E-state index is 13.4. The average Bonchev–Trinajstić information content (AvgIpc) is 3.22. The fourth-order valence-electron chi connectivity index (χ4n) is 2.42. The van der Waals surface area contributed by atoms with E-state index in [1.54, 1.807) is 12.1 Å². The zero-order chi connectivity index (χ0) is 17.4. The summed E-state index contributed by atoms with van der Waals surface area (Å²) in [5.41, 5.74) is 8.97. The minimum absolute atomic E-state index is 0.318. The molecule has 4 rings (SSSR count). The molecule has 0 bridgehead atoms. The number of aromatic nitrogens is 4. The average molecular weight is 416 g/mol. The van der Waals surface area contributed by atoms with Crippen molar-refractivity contribution in [2.45, 2.75) is 0 Å². The van der Waals surface area contributed by atoms with Crippen LogP contribution in [0, 0.1) is 5.82 Å². The Morgan fingerprint density at radius 3 is 2.76 bits per heavy atom. The van der Waals surface area contributed by atoms with Gasteiger partial charge in [-0.1, -0.05) is 45.4 Å². The lowest BCUT2D eigenvalue weighted by molar-refractivity contribution is 0.625. The molecular weight excluding hydrogens is 405 g/mol.